The molecule has 2 aliphatic carbocycles. The minimum Gasteiger partial charge on any atom is -0.310 e. The molecular formula is C59H38N2. The molecule has 10 aromatic carbocycles. The number of aromatic nitrogens is 1. The lowest BCUT2D eigenvalue weighted by molar-refractivity contribution is 0.773. The molecule has 0 amide bonds. The summed E-state index contributed by atoms with van der Waals surface area (Å²) in [5, 5.41) is 2.86. The van der Waals surface area contributed by atoms with Gasteiger partial charge in [0.25, 0.3) is 0 Å². The largest absolute Gasteiger partial charge is 0.310 e. The van der Waals surface area contributed by atoms with Crippen LogP contribution in [0.4, 0.5) is 17.1 Å². The van der Waals surface area contributed by atoms with Crippen LogP contribution < -0.4 is 4.90 Å². The van der Waals surface area contributed by atoms with Crippen LogP contribution in [-0.2, 0) is 5.41 Å². The molecule has 0 fully saturated rings. The minimum absolute atomic E-state index is 0.119. The monoisotopic (exact) mass is 780 g/mol. The highest BCUT2D eigenvalue weighted by Crippen LogP contribution is 2.62. The maximum atomic E-state index is 9.88. The third-order valence-corrected chi connectivity index (χ3v) is 12.9. The van der Waals surface area contributed by atoms with Crippen LogP contribution >= 0.6 is 0 Å². The highest BCUT2D eigenvalue weighted by atomic mass is 15.1. The first-order chi connectivity index (χ1) is 32.8. The molecule has 1 spiro atoms. The van der Waals surface area contributed by atoms with E-state index in [2.05, 4.69) is 155 Å². The van der Waals surface area contributed by atoms with Crippen LogP contribution in [0, 0.1) is 0 Å². The number of fused-ring (bicyclic) bond motifs is 12. The normalized spacial score (nSPS) is 16.0. The molecule has 2 heteroatoms. The van der Waals surface area contributed by atoms with Gasteiger partial charge in [-0.3, -0.25) is 0 Å². The first-order valence-corrected chi connectivity index (χ1v) is 20.7. The quantitative estimate of drug-likeness (QED) is 0.169. The second kappa shape index (κ2) is 13.0. The van der Waals surface area contributed by atoms with E-state index in [1.165, 1.54) is 0 Å². The van der Waals surface area contributed by atoms with E-state index < -0.39 is 5.41 Å². The van der Waals surface area contributed by atoms with E-state index in [0.717, 1.165) is 89.1 Å². The number of anilines is 3. The van der Waals surface area contributed by atoms with Crippen LogP contribution in [0.5, 0.6) is 0 Å². The molecule has 2 aliphatic rings. The molecule has 0 bridgehead atoms. The van der Waals surface area contributed by atoms with Crippen molar-refractivity contribution in [1.29, 1.82) is 0 Å². The lowest BCUT2D eigenvalue weighted by Gasteiger charge is -2.40. The fraction of sp³-hybridized carbons (Fsp3) is 0.0169. The molecule has 0 N–H and O–H groups in total. The minimum atomic E-state index is -1.18. The highest BCUT2D eigenvalue weighted by molar-refractivity contribution is 6.11. The van der Waals surface area contributed by atoms with E-state index >= 15 is 0 Å². The predicted molar refractivity (Wildman–Crippen MR) is 255 cm³/mol. The van der Waals surface area contributed by atoms with Crippen molar-refractivity contribution in [1.82, 2.24) is 4.57 Å². The number of para-hydroxylation sites is 2. The fourth-order valence-electron chi connectivity index (χ4n) is 10.4. The molecule has 1 unspecified atom stereocenters. The van der Waals surface area contributed by atoms with E-state index in [9.17, 15) is 6.85 Å². The van der Waals surface area contributed by atoms with Crippen LogP contribution in [0.1, 0.15) is 30.5 Å². The summed E-state index contributed by atoms with van der Waals surface area (Å²) in [4.78, 5) is 2.29. The van der Waals surface area contributed by atoms with E-state index in [1.807, 2.05) is 48.5 Å². The Labute approximate surface area is 363 Å². The average molecular weight is 781 g/mol. The molecule has 2 nitrogen and oxygen atoms in total. The smallest absolute Gasteiger partial charge is 0.0726 e. The van der Waals surface area contributed by atoms with Crippen LogP contribution in [0.15, 0.2) is 230 Å². The third-order valence-electron chi connectivity index (χ3n) is 12.9. The van der Waals surface area contributed by atoms with E-state index in [0.29, 0.717) is 16.5 Å². The van der Waals surface area contributed by atoms with Gasteiger partial charge in [0.05, 0.1) is 24.7 Å². The van der Waals surface area contributed by atoms with Gasteiger partial charge in [-0.05, 0) is 121 Å². The second-order valence-corrected chi connectivity index (χ2v) is 16.0. The van der Waals surface area contributed by atoms with E-state index in [4.69, 9.17) is 1.37 Å². The summed E-state index contributed by atoms with van der Waals surface area (Å²) in [5.74, 6) is 0. The van der Waals surface area contributed by atoms with Crippen molar-refractivity contribution in [2.24, 2.45) is 0 Å². The first-order valence-electron chi connectivity index (χ1n) is 23.7. The first kappa shape index (κ1) is 28.5. The topological polar surface area (TPSA) is 8.17 Å². The molecule has 0 saturated heterocycles. The molecule has 0 radical (unpaired) electrons. The number of benzene rings is 10. The maximum Gasteiger partial charge on any atom is 0.0726 e. The summed E-state index contributed by atoms with van der Waals surface area (Å²) in [6.07, 6.45) is 0. The van der Waals surface area contributed by atoms with Crippen molar-refractivity contribution in [2.45, 2.75) is 5.41 Å². The maximum absolute atomic E-state index is 9.88. The second-order valence-electron chi connectivity index (χ2n) is 16.0. The Bertz CT molecular complexity index is 3870. The summed E-state index contributed by atoms with van der Waals surface area (Å²) in [6.45, 7) is 0. The van der Waals surface area contributed by atoms with Crippen molar-refractivity contribution < 1.29 is 8.22 Å². The van der Waals surface area contributed by atoms with E-state index in [1.54, 1.807) is 0 Å². The number of hydrogen-bond acceptors (Lipinski definition) is 1. The molecule has 0 aliphatic heterocycles. The standard InChI is InChI=1S/C59H38N2/c1-3-15-39(16-4-1)40-29-31-43(32-30-40)60(45-34-36-50-49-23-9-12-28-56(49)61(57(50)38-45)42-19-5-2-6-20-42)44-33-35-48-46-21-7-10-25-52(46)59(55(48)37-44)53-26-11-8-22-47(53)51-24-13-17-41-18-14-27-54(59)58(41)51/h1-38H/i13D,14D,17D,18D,24D,27D. The van der Waals surface area contributed by atoms with Crippen molar-refractivity contribution >= 4 is 49.6 Å². The van der Waals surface area contributed by atoms with Gasteiger partial charge in [0, 0.05) is 33.5 Å². The van der Waals surface area contributed by atoms with Gasteiger partial charge in [-0.15, -0.1) is 0 Å². The fourth-order valence-corrected chi connectivity index (χ4v) is 10.4. The van der Waals surface area contributed by atoms with Gasteiger partial charge in [0.1, 0.15) is 0 Å². The Hall–Kier alpha value is -7.94. The lowest BCUT2D eigenvalue weighted by atomic mass is 9.61. The Morgan fingerprint density at radius 2 is 0.967 bits per heavy atom. The van der Waals surface area contributed by atoms with Crippen molar-refractivity contribution in [2.75, 3.05) is 4.90 Å². The third kappa shape index (κ3) is 4.79. The van der Waals surface area contributed by atoms with Crippen molar-refractivity contribution in [3.05, 3.63) is 253 Å². The molecule has 13 rings (SSSR count). The molecule has 284 valence electrons. The Balaban J connectivity index is 1.13. The van der Waals surface area contributed by atoms with Gasteiger partial charge in [0.2, 0.25) is 0 Å². The van der Waals surface area contributed by atoms with Crippen molar-refractivity contribution in [3.63, 3.8) is 0 Å². The van der Waals surface area contributed by atoms with E-state index in [-0.39, 0.29) is 41.6 Å². The highest BCUT2D eigenvalue weighted by Gasteiger charge is 2.50. The molecule has 61 heavy (non-hydrogen) atoms. The number of rotatable bonds is 5. The zero-order valence-corrected chi connectivity index (χ0v) is 32.9. The number of nitrogens with zero attached hydrogens (tertiary/aromatic N) is 2. The van der Waals surface area contributed by atoms with Gasteiger partial charge < -0.3 is 9.47 Å². The van der Waals surface area contributed by atoms with Crippen LogP contribution in [-0.4, -0.2) is 4.57 Å². The number of hydrogen-bond donors (Lipinski definition) is 0. The lowest BCUT2D eigenvalue weighted by Crippen LogP contribution is -2.32. The summed E-state index contributed by atoms with van der Waals surface area (Å²) in [6, 6.07) is 66.0. The molecule has 1 heterocycles. The average Bonchev–Trinajstić information content (AvgIpc) is 3.85. The van der Waals surface area contributed by atoms with Gasteiger partial charge in [-0.25, -0.2) is 0 Å². The Morgan fingerprint density at radius 3 is 1.75 bits per heavy atom. The van der Waals surface area contributed by atoms with Gasteiger partial charge in [-0.2, -0.15) is 0 Å². The van der Waals surface area contributed by atoms with Gasteiger partial charge in [0.15, 0.2) is 0 Å². The SMILES string of the molecule is [2H]c1c([2H])c2c3c(c([2H])c([2H])c([2H])c3c1[2H])C1(c3ccccc3-c3ccc(N(c4ccc(-c5ccccc5)cc4)c4ccc5c6ccccc6n(-c6ccccc6)c5c4)cc31)c1ccccc1-2. The van der Waals surface area contributed by atoms with Crippen LogP contribution in [0.2, 0.25) is 0 Å². The molecular weight excluding hydrogens is 737 g/mol. The molecule has 1 aromatic heterocycles. The van der Waals surface area contributed by atoms with Crippen LogP contribution in [0.3, 0.4) is 0 Å². The van der Waals surface area contributed by atoms with Gasteiger partial charge in [-0.1, -0.05) is 176 Å². The predicted octanol–water partition coefficient (Wildman–Crippen LogP) is 15.4. The summed E-state index contributed by atoms with van der Waals surface area (Å²) < 4.78 is 58.2. The zero-order chi connectivity index (χ0) is 45.3. The summed E-state index contributed by atoms with van der Waals surface area (Å²) >= 11 is 0. The Kier molecular flexibility index (Phi) is 6.08. The summed E-state index contributed by atoms with van der Waals surface area (Å²) in [5.41, 5.74) is 13.3. The summed E-state index contributed by atoms with van der Waals surface area (Å²) in [7, 11) is 0. The van der Waals surface area contributed by atoms with Crippen molar-refractivity contribution in [3.8, 4) is 39.1 Å². The molecule has 11 aromatic rings. The van der Waals surface area contributed by atoms with Crippen LogP contribution in [0.25, 0.3) is 71.6 Å². The molecule has 0 saturated carbocycles. The molecule has 1 atom stereocenters. The van der Waals surface area contributed by atoms with Gasteiger partial charge >= 0.3 is 0 Å². The zero-order valence-electron chi connectivity index (χ0n) is 38.9. The Morgan fingerprint density at radius 1 is 0.393 bits per heavy atom.